The van der Waals surface area contributed by atoms with Crippen LogP contribution in [0.2, 0.25) is 0 Å². The molecule has 0 saturated carbocycles. The minimum absolute atomic E-state index is 0.211. The first kappa shape index (κ1) is 14.5. The molecule has 1 aromatic carbocycles. The number of rotatable bonds is 3. The number of nitrogens with zero attached hydrogens (tertiary/aromatic N) is 1. The second-order valence-electron chi connectivity index (χ2n) is 4.70. The van der Waals surface area contributed by atoms with Crippen LogP contribution >= 0.6 is 15.9 Å². The Morgan fingerprint density at radius 2 is 2.00 bits per heavy atom. The molecule has 0 radical (unpaired) electrons. The molecule has 1 unspecified atom stereocenters. The van der Waals surface area contributed by atoms with Gasteiger partial charge in [-0.3, -0.25) is 4.79 Å². The van der Waals surface area contributed by atoms with Crippen molar-refractivity contribution in [3.63, 3.8) is 0 Å². The zero-order valence-electron chi connectivity index (χ0n) is 11.5. The van der Waals surface area contributed by atoms with Crippen LogP contribution in [0.5, 0.6) is 0 Å². The number of Topliss-reactive ketones (excluding diaryl/α,β-unsaturated/α-hetero) is 1. The molecule has 1 aromatic heterocycles. The van der Waals surface area contributed by atoms with Gasteiger partial charge in [-0.05, 0) is 38.5 Å². The van der Waals surface area contributed by atoms with E-state index in [1.54, 1.807) is 19.1 Å². The van der Waals surface area contributed by atoms with Crippen LogP contribution in [0.15, 0.2) is 33.2 Å². The lowest BCUT2D eigenvalue weighted by Gasteiger charge is -2.09. The Balaban J connectivity index is 2.48. The molecule has 0 aliphatic rings. The first-order valence-electron chi connectivity index (χ1n) is 6.21. The molecular weight excluding hydrogens is 318 g/mol. The normalized spacial score (nSPS) is 11.9. The van der Waals surface area contributed by atoms with Gasteiger partial charge in [-0.15, -0.1) is 0 Å². The number of hydrogen-bond acceptors (Lipinski definition) is 3. The maximum Gasteiger partial charge on any atom is 0.188 e. The smallest absolute Gasteiger partial charge is 0.188 e. The fourth-order valence-electron chi connectivity index (χ4n) is 2.27. The van der Waals surface area contributed by atoms with Gasteiger partial charge in [0.2, 0.25) is 0 Å². The number of halogens is 1. The topological polar surface area (TPSA) is 54.0 Å². The van der Waals surface area contributed by atoms with Gasteiger partial charge in [-0.2, -0.15) is 5.26 Å². The van der Waals surface area contributed by atoms with Gasteiger partial charge in [0, 0.05) is 10.0 Å². The van der Waals surface area contributed by atoms with E-state index in [1.165, 1.54) is 0 Å². The predicted octanol–water partition coefficient (Wildman–Crippen LogP) is 4.46. The lowest BCUT2D eigenvalue weighted by Crippen LogP contribution is -2.12. The lowest BCUT2D eigenvalue weighted by atomic mass is 9.90. The molecule has 2 aromatic rings. The third-order valence-corrected chi connectivity index (χ3v) is 3.87. The van der Waals surface area contributed by atoms with Crippen LogP contribution in [0.4, 0.5) is 0 Å². The van der Waals surface area contributed by atoms with Gasteiger partial charge >= 0.3 is 0 Å². The number of furan rings is 1. The predicted molar refractivity (Wildman–Crippen MR) is 79.7 cm³/mol. The van der Waals surface area contributed by atoms with E-state index < -0.39 is 5.92 Å². The minimum Gasteiger partial charge on any atom is -0.466 e. The van der Waals surface area contributed by atoms with E-state index in [2.05, 4.69) is 22.0 Å². The van der Waals surface area contributed by atoms with Crippen LogP contribution in [0.3, 0.4) is 0 Å². The van der Waals surface area contributed by atoms with E-state index in [-0.39, 0.29) is 5.78 Å². The molecule has 0 spiro atoms. The van der Waals surface area contributed by atoms with E-state index in [1.807, 2.05) is 26.0 Å². The number of ketones is 1. The molecule has 3 nitrogen and oxygen atoms in total. The van der Waals surface area contributed by atoms with E-state index in [0.29, 0.717) is 16.9 Å². The Labute approximate surface area is 126 Å². The number of nitriles is 1. The van der Waals surface area contributed by atoms with Gasteiger partial charge in [0.25, 0.3) is 0 Å². The number of aryl methyl sites for hydroxylation is 2. The third kappa shape index (κ3) is 2.54. The summed E-state index contributed by atoms with van der Waals surface area (Å²) in [5, 5.41) is 9.37. The van der Waals surface area contributed by atoms with Crippen LogP contribution in [-0.2, 0) is 0 Å². The summed E-state index contributed by atoms with van der Waals surface area (Å²) in [4.78, 5) is 12.6. The Kier molecular flexibility index (Phi) is 4.10. The standard InChI is InChI=1S/C16H14BrNO2/c1-9-10(2)20-11(3)15(9)16(19)14(8-18)12-5-4-6-13(17)7-12/h4-7,14H,1-3H3. The first-order chi connectivity index (χ1) is 9.45. The van der Waals surface area contributed by atoms with Crippen LogP contribution < -0.4 is 0 Å². The fourth-order valence-corrected chi connectivity index (χ4v) is 2.69. The van der Waals surface area contributed by atoms with Crippen LogP contribution in [0.25, 0.3) is 0 Å². The van der Waals surface area contributed by atoms with E-state index >= 15 is 0 Å². The molecule has 0 amide bonds. The van der Waals surface area contributed by atoms with Crippen molar-refractivity contribution in [2.75, 3.05) is 0 Å². The molecule has 0 bridgehead atoms. The Hall–Kier alpha value is -1.86. The minimum atomic E-state index is -0.818. The molecule has 1 atom stereocenters. The monoisotopic (exact) mass is 331 g/mol. The second kappa shape index (κ2) is 5.64. The van der Waals surface area contributed by atoms with Crippen LogP contribution in [0, 0.1) is 32.1 Å². The number of carbonyl (C=O) groups excluding carboxylic acids is 1. The van der Waals surface area contributed by atoms with Gasteiger partial charge in [-0.1, -0.05) is 28.1 Å². The van der Waals surface area contributed by atoms with Gasteiger partial charge in [0.15, 0.2) is 5.78 Å². The summed E-state index contributed by atoms with van der Waals surface area (Å²) in [7, 11) is 0. The molecule has 0 fully saturated rings. The summed E-state index contributed by atoms with van der Waals surface area (Å²) in [6.07, 6.45) is 0. The highest BCUT2D eigenvalue weighted by atomic mass is 79.9. The van der Waals surface area contributed by atoms with Crippen molar-refractivity contribution < 1.29 is 9.21 Å². The molecule has 20 heavy (non-hydrogen) atoms. The van der Waals surface area contributed by atoms with Crippen LogP contribution in [0.1, 0.15) is 38.9 Å². The fraction of sp³-hybridized carbons (Fsp3) is 0.250. The van der Waals surface area contributed by atoms with Crippen LogP contribution in [-0.4, -0.2) is 5.78 Å². The molecule has 0 aliphatic carbocycles. The highest BCUT2D eigenvalue weighted by molar-refractivity contribution is 9.10. The number of hydrogen-bond donors (Lipinski definition) is 0. The molecule has 1 heterocycles. The summed E-state index contributed by atoms with van der Waals surface area (Å²) in [6.45, 7) is 5.41. The quantitative estimate of drug-likeness (QED) is 0.780. The van der Waals surface area contributed by atoms with Gasteiger partial charge in [-0.25, -0.2) is 0 Å². The second-order valence-corrected chi connectivity index (χ2v) is 5.61. The molecule has 0 N–H and O–H groups in total. The maximum absolute atomic E-state index is 12.6. The third-order valence-electron chi connectivity index (χ3n) is 3.38. The summed E-state index contributed by atoms with van der Waals surface area (Å²) < 4.78 is 6.33. The lowest BCUT2D eigenvalue weighted by molar-refractivity contribution is 0.0977. The van der Waals surface area contributed by atoms with Gasteiger partial charge < -0.3 is 4.42 Å². The molecule has 2 rings (SSSR count). The molecule has 0 aliphatic heterocycles. The average Bonchev–Trinajstić information content (AvgIpc) is 2.64. The van der Waals surface area contributed by atoms with Crippen molar-refractivity contribution in [1.82, 2.24) is 0 Å². The number of benzene rings is 1. The van der Waals surface area contributed by atoms with Crippen molar-refractivity contribution in [2.45, 2.75) is 26.7 Å². The van der Waals surface area contributed by atoms with Crippen molar-refractivity contribution in [1.29, 1.82) is 5.26 Å². The largest absolute Gasteiger partial charge is 0.466 e. The molecular formula is C16H14BrNO2. The molecule has 102 valence electrons. The highest BCUT2D eigenvalue weighted by Crippen LogP contribution is 2.28. The SMILES string of the molecule is Cc1oc(C)c(C(=O)C(C#N)c2cccc(Br)c2)c1C. The van der Waals surface area contributed by atoms with E-state index in [0.717, 1.165) is 15.8 Å². The zero-order valence-corrected chi connectivity index (χ0v) is 13.1. The Bertz CT molecular complexity index is 710. The van der Waals surface area contributed by atoms with E-state index in [9.17, 15) is 10.1 Å². The van der Waals surface area contributed by atoms with Crippen molar-refractivity contribution in [2.24, 2.45) is 0 Å². The summed E-state index contributed by atoms with van der Waals surface area (Å²) >= 11 is 3.36. The Morgan fingerprint density at radius 1 is 1.30 bits per heavy atom. The van der Waals surface area contributed by atoms with Crippen molar-refractivity contribution in [3.05, 3.63) is 56.9 Å². The zero-order chi connectivity index (χ0) is 14.9. The highest BCUT2D eigenvalue weighted by Gasteiger charge is 2.27. The first-order valence-corrected chi connectivity index (χ1v) is 7.01. The van der Waals surface area contributed by atoms with Gasteiger partial charge in [0.1, 0.15) is 17.4 Å². The van der Waals surface area contributed by atoms with Crippen molar-refractivity contribution in [3.8, 4) is 6.07 Å². The van der Waals surface area contributed by atoms with Crippen molar-refractivity contribution >= 4 is 21.7 Å². The molecule has 4 heteroatoms. The molecule has 0 saturated heterocycles. The summed E-state index contributed by atoms with van der Waals surface area (Å²) in [6, 6.07) is 9.36. The van der Waals surface area contributed by atoms with Gasteiger partial charge in [0.05, 0.1) is 11.6 Å². The Morgan fingerprint density at radius 3 is 2.50 bits per heavy atom. The summed E-state index contributed by atoms with van der Waals surface area (Å²) in [5.41, 5.74) is 2.02. The van der Waals surface area contributed by atoms with E-state index in [4.69, 9.17) is 4.42 Å². The average molecular weight is 332 g/mol. The summed E-state index contributed by atoms with van der Waals surface area (Å²) in [5.74, 6) is 0.261. The maximum atomic E-state index is 12.6. The number of carbonyl (C=O) groups is 1.